The van der Waals surface area contributed by atoms with Crippen LogP contribution < -0.4 is 9.62 Å². The van der Waals surface area contributed by atoms with Gasteiger partial charge in [0.15, 0.2) is 0 Å². The topological polar surface area (TPSA) is 66.5 Å². The van der Waals surface area contributed by atoms with Crippen LogP contribution in [0.25, 0.3) is 0 Å². The molecule has 1 fully saturated rings. The van der Waals surface area contributed by atoms with Gasteiger partial charge >= 0.3 is 0 Å². The number of rotatable bonds is 3. The highest BCUT2D eigenvalue weighted by molar-refractivity contribution is 7.92. The molecule has 0 unspecified atom stereocenters. The van der Waals surface area contributed by atoms with E-state index >= 15 is 0 Å². The second-order valence-corrected chi connectivity index (χ2v) is 8.07. The molecular weight excluding hydrogens is 343 g/mol. The van der Waals surface area contributed by atoms with E-state index in [-0.39, 0.29) is 11.7 Å². The second-order valence-electron chi connectivity index (χ2n) is 6.06. The van der Waals surface area contributed by atoms with E-state index in [4.69, 9.17) is 0 Å². The molecule has 0 aromatic heterocycles. The first-order chi connectivity index (χ1) is 11.9. The molecule has 132 valence electrons. The molecule has 5 nitrogen and oxygen atoms in total. The Balaban J connectivity index is 1.86. The number of hydrogen-bond donors (Lipinski definition) is 1. The zero-order valence-electron chi connectivity index (χ0n) is 13.8. The highest BCUT2D eigenvalue weighted by Crippen LogP contribution is 2.29. The van der Waals surface area contributed by atoms with Crippen molar-refractivity contribution in [3.05, 3.63) is 59.4 Å². The fraction of sp³-hybridized carbons (Fsp3) is 0.278. The van der Waals surface area contributed by atoms with Crippen LogP contribution in [0.15, 0.2) is 42.5 Å². The number of halogens is 1. The van der Waals surface area contributed by atoms with Crippen LogP contribution in [-0.2, 0) is 10.0 Å². The molecule has 1 saturated heterocycles. The maximum Gasteiger partial charge on any atom is 0.255 e. The lowest BCUT2D eigenvalue weighted by molar-refractivity contribution is 0.102. The second kappa shape index (κ2) is 6.84. The van der Waals surface area contributed by atoms with Crippen LogP contribution in [0.5, 0.6) is 0 Å². The molecule has 0 atom stereocenters. The van der Waals surface area contributed by atoms with Crippen molar-refractivity contribution in [3.63, 3.8) is 0 Å². The minimum Gasteiger partial charge on any atom is -0.322 e. The van der Waals surface area contributed by atoms with Gasteiger partial charge in [-0.25, -0.2) is 12.8 Å². The first-order valence-electron chi connectivity index (χ1n) is 8.05. The third kappa shape index (κ3) is 3.82. The maximum atomic E-state index is 13.0. The minimum absolute atomic E-state index is 0.138. The van der Waals surface area contributed by atoms with E-state index < -0.39 is 15.8 Å². The molecule has 0 spiro atoms. The van der Waals surface area contributed by atoms with E-state index in [1.54, 1.807) is 18.2 Å². The predicted octanol–water partition coefficient (Wildman–Crippen LogP) is 3.32. The molecule has 7 heteroatoms. The van der Waals surface area contributed by atoms with Gasteiger partial charge < -0.3 is 5.32 Å². The summed E-state index contributed by atoms with van der Waals surface area (Å²) >= 11 is 0. The quantitative estimate of drug-likeness (QED) is 0.911. The first-order valence-corrected chi connectivity index (χ1v) is 9.66. The average Bonchev–Trinajstić information content (AvgIpc) is 2.57. The number of nitrogens with zero attached hydrogens (tertiary/aromatic N) is 1. The summed E-state index contributed by atoms with van der Waals surface area (Å²) in [5.74, 6) is -0.653. The summed E-state index contributed by atoms with van der Waals surface area (Å²) in [5.41, 5.74) is 2.23. The molecule has 2 aromatic rings. The SMILES string of the molecule is Cc1ccc(NC(=O)c2ccc(F)cc2)cc1N1CCCCS1(=O)=O. The Bertz CT molecular complexity index is 895. The van der Waals surface area contributed by atoms with Gasteiger partial charge in [-0.3, -0.25) is 9.10 Å². The zero-order chi connectivity index (χ0) is 18.0. The summed E-state index contributed by atoms with van der Waals surface area (Å²) in [6.07, 6.45) is 1.48. The molecule has 1 amide bonds. The van der Waals surface area contributed by atoms with Crippen molar-refractivity contribution >= 4 is 27.3 Å². The van der Waals surface area contributed by atoms with Crippen molar-refractivity contribution in [1.29, 1.82) is 0 Å². The third-order valence-electron chi connectivity index (χ3n) is 4.19. The summed E-state index contributed by atoms with van der Waals surface area (Å²) < 4.78 is 39.0. The summed E-state index contributed by atoms with van der Waals surface area (Å²) in [4.78, 5) is 12.3. The number of benzene rings is 2. The molecule has 0 saturated carbocycles. The number of sulfonamides is 1. The highest BCUT2D eigenvalue weighted by atomic mass is 32.2. The molecule has 0 bridgehead atoms. The van der Waals surface area contributed by atoms with Gasteiger partial charge in [0.25, 0.3) is 5.91 Å². The van der Waals surface area contributed by atoms with Gasteiger partial charge in [0.2, 0.25) is 10.0 Å². The lowest BCUT2D eigenvalue weighted by Gasteiger charge is -2.29. The number of amides is 1. The van der Waals surface area contributed by atoms with Gasteiger partial charge in [0, 0.05) is 17.8 Å². The van der Waals surface area contributed by atoms with Gasteiger partial charge in [-0.1, -0.05) is 6.07 Å². The monoisotopic (exact) mass is 362 g/mol. The van der Waals surface area contributed by atoms with Crippen molar-refractivity contribution in [2.75, 3.05) is 21.9 Å². The number of nitrogens with one attached hydrogen (secondary N) is 1. The average molecular weight is 362 g/mol. The maximum absolute atomic E-state index is 13.0. The van der Waals surface area contributed by atoms with Crippen LogP contribution in [0.1, 0.15) is 28.8 Å². The number of anilines is 2. The first kappa shape index (κ1) is 17.4. The molecular formula is C18H19FN2O3S. The summed E-state index contributed by atoms with van der Waals surface area (Å²) in [7, 11) is -3.32. The fourth-order valence-electron chi connectivity index (χ4n) is 2.82. The number of aryl methyl sites for hydroxylation is 1. The van der Waals surface area contributed by atoms with Crippen LogP contribution >= 0.6 is 0 Å². The third-order valence-corrected chi connectivity index (χ3v) is 6.05. The Morgan fingerprint density at radius 3 is 2.52 bits per heavy atom. The summed E-state index contributed by atoms with van der Waals surface area (Å²) in [5, 5.41) is 2.73. The molecule has 1 aliphatic rings. The molecule has 3 rings (SSSR count). The Labute approximate surface area is 146 Å². The van der Waals surface area contributed by atoms with Crippen molar-refractivity contribution in [2.45, 2.75) is 19.8 Å². The fourth-order valence-corrected chi connectivity index (χ4v) is 4.51. The number of carbonyl (C=O) groups excluding carboxylic acids is 1. The Morgan fingerprint density at radius 2 is 1.84 bits per heavy atom. The normalized spacial score (nSPS) is 16.5. The highest BCUT2D eigenvalue weighted by Gasteiger charge is 2.27. The van der Waals surface area contributed by atoms with E-state index in [1.807, 2.05) is 6.92 Å². The van der Waals surface area contributed by atoms with Crippen molar-refractivity contribution in [1.82, 2.24) is 0 Å². The van der Waals surface area contributed by atoms with Gasteiger partial charge in [-0.05, 0) is 61.7 Å². The number of hydrogen-bond acceptors (Lipinski definition) is 3. The lowest BCUT2D eigenvalue weighted by Crippen LogP contribution is -2.38. The molecule has 1 heterocycles. The van der Waals surface area contributed by atoms with E-state index in [0.29, 0.717) is 29.9 Å². The van der Waals surface area contributed by atoms with Crippen molar-refractivity contribution < 1.29 is 17.6 Å². The largest absolute Gasteiger partial charge is 0.322 e. The van der Waals surface area contributed by atoms with E-state index in [1.165, 1.54) is 28.6 Å². The predicted molar refractivity (Wildman–Crippen MR) is 95.9 cm³/mol. The van der Waals surface area contributed by atoms with Gasteiger partial charge in [0.1, 0.15) is 5.82 Å². The molecule has 1 aliphatic heterocycles. The molecule has 0 radical (unpaired) electrons. The standard InChI is InChI=1S/C18H19FN2O3S/c1-13-4-9-16(20-18(22)14-5-7-15(19)8-6-14)12-17(13)21-10-2-3-11-25(21,23)24/h4-9,12H,2-3,10-11H2,1H3,(H,20,22). The molecule has 1 N–H and O–H groups in total. The van der Waals surface area contributed by atoms with Crippen molar-refractivity contribution in [2.24, 2.45) is 0 Å². The van der Waals surface area contributed by atoms with Gasteiger partial charge in [0.05, 0.1) is 11.4 Å². The summed E-state index contributed by atoms with van der Waals surface area (Å²) in [6.45, 7) is 2.28. The lowest BCUT2D eigenvalue weighted by atomic mass is 10.1. The Morgan fingerprint density at radius 1 is 1.12 bits per heavy atom. The Kier molecular flexibility index (Phi) is 4.76. The smallest absolute Gasteiger partial charge is 0.255 e. The molecule has 0 aliphatic carbocycles. The van der Waals surface area contributed by atoms with E-state index in [9.17, 15) is 17.6 Å². The van der Waals surface area contributed by atoms with Crippen LogP contribution in [0.2, 0.25) is 0 Å². The molecule has 25 heavy (non-hydrogen) atoms. The summed E-state index contributed by atoms with van der Waals surface area (Å²) in [6, 6.07) is 10.4. The van der Waals surface area contributed by atoms with E-state index in [2.05, 4.69) is 5.32 Å². The zero-order valence-corrected chi connectivity index (χ0v) is 14.6. The van der Waals surface area contributed by atoms with E-state index in [0.717, 1.165) is 12.0 Å². The van der Waals surface area contributed by atoms with Gasteiger partial charge in [-0.15, -0.1) is 0 Å². The number of carbonyl (C=O) groups is 1. The van der Waals surface area contributed by atoms with Crippen molar-refractivity contribution in [3.8, 4) is 0 Å². The van der Waals surface area contributed by atoms with Crippen LogP contribution in [0.3, 0.4) is 0 Å². The van der Waals surface area contributed by atoms with Crippen LogP contribution in [0.4, 0.5) is 15.8 Å². The minimum atomic E-state index is -3.32. The Hall–Kier alpha value is -2.41. The molecule has 2 aromatic carbocycles. The van der Waals surface area contributed by atoms with Gasteiger partial charge in [-0.2, -0.15) is 0 Å². The van der Waals surface area contributed by atoms with Crippen LogP contribution in [0, 0.1) is 12.7 Å². The van der Waals surface area contributed by atoms with Crippen LogP contribution in [-0.4, -0.2) is 26.6 Å².